The molecule has 0 atom stereocenters. The number of halogens is 2. The zero-order valence-electron chi connectivity index (χ0n) is 12.5. The van der Waals surface area contributed by atoms with Gasteiger partial charge in [-0.1, -0.05) is 6.07 Å². The molecule has 0 unspecified atom stereocenters. The molecule has 1 aromatic rings. The molecule has 1 aromatic carbocycles. The fraction of sp³-hybridized carbons (Fsp3) is 0.533. The van der Waals surface area contributed by atoms with Gasteiger partial charge in [0.05, 0.1) is 18.1 Å². The Bertz CT molecular complexity index is 499. The molecule has 0 fully saturated rings. The normalized spacial score (nSPS) is 11.3. The summed E-state index contributed by atoms with van der Waals surface area (Å²) in [6.45, 7) is 3.97. The number of benzene rings is 1. The zero-order valence-corrected chi connectivity index (χ0v) is 12.5. The molecule has 1 rings (SSSR count). The minimum Gasteiger partial charge on any atom is -0.490 e. The highest BCUT2D eigenvalue weighted by molar-refractivity contribution is 5.43. The second kappa shape index (κ2) is 7.79. The number of hydrogen-bond acceptors (Lipinski definition) is 4. The van der Waals surface area contributed by atoms with Crippen LogP contribution in [0.2, 0.25) is 0 Å². The average Bonchev–Trinajstić information content (AvgIpc) is 2.41. The van der Waals surface area contributed by atoms with E-state index in [0.717, 1.165) is 5.56 Å². The van der Waals surface area contributed by atoms with Gasteiger partial charge in [0.2, 0.25) is 0 Å². The Labute approximate surface area is 123 Å². The molecule has 0 aliphatic carbocycles. The van der Waals surface area contributed by atoms with Crippen molar-refractivity contribution in [3.63, 3.8) is 0 Å². The minimum absolute atomic E-state index is 0.0213. The van der Waals surface area contributed by atoms with Crippen molar-refractivity contribution in [1.29, 1.82) is 5.26 Å². The van der Waals surface area contributed by atoms with Gasteiger partial charge in [0.25, 0.3) is 0 Å². The Morgan fingerprint density at radius 1 is 1.33 bits per heavy atom. The molecule has 1 N–H and O–H groups in total. The van der Waals surface area contributed by atoms with Crippen molar-refractivity contribution in [3.05, 3.63) is 23.8 Å². The predicted molar refractivity (Wildman–Crippen MR) is 75.3 cm³/mol. The van der Waals surface area contributed by atoms with Gasteiger partial charge in [-0.3, -0.25) is 0 Å². The maximum Gasteiger partial charge on any atom is 0.387 e. The average molecular weight is 298 g/mol. The van der Waals surface area contributed by atoms with Gasteiger partial charge < -0.3 is 14.8 Å². The molecule has 0 saturated heterocycles. The van der Waals surface area contributed by atoms with E-state index in [-0.39, 0.29) is 11.5 Å². The van der Waals surface area contributed by atoms with E-state index in [1.807, 2.05) is 13.8 Å². The quantitative estimate of drug-likeness (QED) is 0.800. The highest BCUT2D eigenvalue weighted by Crippen LogP contribution is 2.29. The Morgan fingerprint density at radius 3 is 2.62 bits per heavy atom. The van der Waals surface area contributed by atoms with Gasteiger partial charge in [0.1, 0.15) is 0 Å². The Hall–Kier alpha value is -1.87. The van der Waals surface area contributed by atoms with Crippen LogP contribution in [0.3, 0.4) is 0 Å². The summed E-state index contributed by atoms with van der Waals surface area (Å²) in [5.74, 6) is 0.310. The molecular weight excluding hydrogens is 278 g/mol. The van der Waals surface area contributed by atoms with Crippen LogP contribution >= 0.6 is 0 Å². The van der Waals surface area contributed by atoms with E-state index in [1.165, 1.54) is 6.07 Å². The van der Waals surface area contributed by atoms with Crippen LogP contribution < -0.4 is 14.8 Å². The van der Waals surface area contributed by atoms with Gasteiger partial charge in [-0.2, -0.15) is 14.0 Å². The van der Waals surface area contributed by atoms with Crippen LogP contribution in [0.25, 0.3) is 0 Å². The van der Waals surface area contributed by atoms with Crippen molar-refractivity contribution in [3.8, 4) is 17.6 Å². The van der Waals surface area contributed by atoms with Crippen LogP contribution in [-0.2, 0) is 6.54 Å². The third-order valence-electron chi connectivity index (χ3n) is 2.72. The first kappa shape index (κ1) is 17.2. The minimum atomic E-state index is -2.88. The molecule has 0 radical (unpaired) electrons. The number of rotatable bonds is 8. The molecule has 21 heavy (non-hydrogen) atoms. The third kappa shape index (κ3) is 5.96. The molecule has 0 aliphatic rings. The number of hydrogen-bond donors (Lipinski definition) is 1. The highest BCUT2D eigenvalue weighted by atomic mass is 19.3. The van der Waals surface area contributed by atoms with Crippen LogP contribution in [0.5, 0.6) is 11.5 Å². The molecule has 4 nitrogen and oxygen atoms in total. The fourth-order valence-electron chi connectivity index (χ4n) is 1.68. The molecule has 0 spiro atoms. The monoisotopic (exact) mass is 298 g/mol. The van der Waals surface area contributed by atoms with E-state index in [9.17, 15) is 8.78 Å². The van der Waals surface area contributed by atoms with E-state index in [1.54, 1.807) is 19.1 Å². The maximum atomic E-state index is 12.3. The standard InChI is InChI=1S/C15H20F2N2O2/c1-4-20-13-7-11(5-6-12(13)21-14(16)17)8-19-10-15(2,3)9-18/h5-7,14,19H,4,8,10H2,1-3H3. The van der Waals surface area contributed by atoms with E-state index in [4.69, 9.17) is 10.00 Å². The van der Waals surface area contributed by atoms with Crippen molar-refractivity contribution in [2.24, 2.45) is 5.41 Å². The van der Waals surface area contributed by atoms with E-state index < -0.39 is 12.0 Å². The van der Waals surface area contributed by atoms with Crippen molar-refractivity contribution < 1.29 is 18.3 Å². The Kier molecular flexibility index (Phi) is 6.38. The largest absolute Gasteiger partial charge is 0.490 e. The lowest BCUT2D eigenvalue weighted by molar-refractivity contribution is -0.0514. The van der Waals surface area contributed by atoms with Gasteiger partial charge in [-0.05, 0) is 38.5 Å². The summed E-state index contributed by atoms with van der Waals surface area (Å²) < 4.78 is 34.3. The van der Waals surface area contributed by atoms with Crippen molar-refractivity contribution in [2.45, 2.75) is 33.9 Å². The lowest BCUT2D eigenvalue weighted by Gasteiger charge is -2.17. The summed E-state index contributed by atoms with van der Waals surface area (Å²) in [6.07, 6.45) is 0. The summed E-state index contributed by atoms with van der Waals surface area (Å²) in [4.78, 5) is 0. The smallest absolute Gasteiger partial charge is 0.387 e. The van der Waals surface area contributed by atoms with Crippen molar-refractivity contribution >= 4 is 0 Å². The van der Waals surface area contributed by atoms with E-state index in [2.05, 4.69) is 16.1 Å². The van der Waals surface area contributed by atoms with Gasteiger partial charge in [-0.15, -0.1) is 0 Å². The second-order valence-electron chi connectivity index (χ2n) is 5.19. The lowest BCUT2D eigenvalue weighted by Crippen LogP contribution is -2.27. The Balaban J connectivity index is 2.72. The van der Waals surface area contributed by atoms with Crippen LogP contribution in [0.1, 0.15) is 26.3 Å². The number of alkyl halides is 2. The topological polar surface area (TPSA) is 54.3 Å². The summed E-state index contributed by atoms with van der Waals surface area (Å²) >= 11 is 0. The molecular formula is C15H20F2N2O2. The van der Waals surface area contributed by atoms with Crippen LogP contribution in [0.15, 0.2) is 18.2 Å². The van der Waals surface area contributed by atoms with Gasteiger partial charge >= 0.3 is 6.61 Å². The zero-order chi connectivity index (χ0) is 15.9. The summed E-state index contributed by atoms with van der Waals surface area (Å²) in [5, 5.41) is 12.1. The first-order valence-corrected chi connectivity index (χ1v) is 6.70. The summed E-state index contributed by atoms with van der Waals surface area (Å²) in [5.41, 5.74) is 0.412. The van der Waals surface area contributed by atoms with Crippen LogP contribution in [-0.4, -0.2) is 19.8 Å². The molecule has 0 aliphatic heterocycles. The first-order valence-electron chi connectivity index (χ1n) is 6.70. The highest BCUT2D eigenvalue weighted by Gasteiger charge is 2.16. The van der Waals surface area contributed by atoms with Crippen molar-refractivity contribution in [1.82, 2.24) is 5.32 Å². The van der Waals surface area contributed by atoms with Crippen molar-refractivity contribution in [2.75, 3.05) is 13.2 Å². The number of nitrogens with zero attached hydrogens (tertiary/aromatic N) is 1. The molecule has 0 heterocycles. The summed E-state index contributed by atoms with van der Waals surface area (Å²) in [6, 6.07) is 7.01. The first-order chi connectivity index (χ1) is 9.88. The predicted octanol–water partition coefficient (Wildman–Crippen LogP) is 3.33. The van der Waals surface area contributed by atoms with E-state index in [0.29, 0.717) is 19.7 Å². The number of nitriles is 1. The van der Waals surface area contributed by atoms with Crippen LogP contribution in [0, 0.1) is 16.7 Å². The third-order valence-corrected chi connectivity index (χ3v) is 2.72. The second-order valence-corrected chi connectivity index (χ2v) is 5.19. The number of ether oxygens (including phenoxy) is 2. The summed E-state index contributed by atoms with van der Waals surface area (Å²) in [7, 11) is 0. The number of nitrogens with one attached hydrogen (secondary N) is 1. The SMILES string of the molecule is CCOc1cc(CNCC(C)(C)C#N)ccc1OC(F)F. The van der Waals surface area contributed by atoms with Gasteiger partial charge in [0.15, 0.2) is 11.5 Å². The maximum absolute atomic E-state index is 12.3. The Morgan fingerprint density at radius 2 is 2.05 bits per heavy atom. The lowest BCUT2D eigenvalue weighted by atomic mass is 9.96. The van der Waals surface area contributed by atoms with Gasteiger partial charge in [0, 0.05) is 13.1 Å². The fourth-order valence-corrected chi connectivity index (χ4v) is 1.68. The molecule has 0 amide bonds. The molecule has 0 aromatic heterocycles. The molecule has 116 valence electrons. The molecule has 0 saturated carbocycles. The van der Waals surface area contributed by atoms with E-state index >= 15 is 0 Å². The van der Waals surface area contributed by atoms with Gasteiger partial charge in [-0.25, -0.2) is 0 Å². The molecule has 0 bridgehead atoms. The molecule has 6 heteroatoms. The van der Waals surface area contributed by atoms with Crippen LogP contribution in [0.4, 0.5) is 8.78 Å².